The predicted octanol–water partition coefficient (Wildman–Crippen LogP) is 0.721. The number of carboxylic acids is 1. The van der Waals surface area contributed by atoms with Crippen LogP contribution in [0.4, 0.5) is 0 Å². The molecule has 0 spiro atoms. The van der Waals surface area contributed by atoms with Crippen LogP contribution in [-0.4, -0.2) is 34.0 Å². The highest BCUT2D eigenvalue weighted by Gasteiger charge is 2.27. The Morgan fingerprint density at radius 2 is 1.86 bits per heavy atom. The van der Waals surface area contributed by atoms with Gasteiger partial charge in [0.2, 0.25) is 0 Å². The van der Waals surface area contributed by atoms with Gasteiger partial charge in [-0.25, -0.2) is 0 Å². The standard InChI is InChI=1S/C10H15NO3/c1-5-6-8(12)11(7-9(13)14)10(2,3)4/h7H2,1-4H3,(H,13,14). The summed E-state index contributed by atoms with van der Waals surface area (Å²) in [6.45, 7) is 6.53. The lowest BCUT2D eigenvalue weighted by atomic mass is 10.1. The van der Waals surface area contributed by atoms with E-state index in [1.54, 1.807) is 27.7 Å². The van der Waals surface area contributed by atoms with Crippen molar-refractivity contribution in [2.75, 3.05) is 6.54 Å². The van der Waals surface area contributed by atoms with Gasteiger partial charge in [0, 0.05) is 5.54 Å². The fourth-order valence-electron chi connectivity index (χ4n) is 0.923. The molecule has 0 fully saturated rings. The zero-order chi connectivity index (χ0) is 11.4. The first-order valence-corrected chi connectivity index (χ1v) is 4.25. The first kappa shape index (κ1) is 12.5. The van der Waals surface area contributed by atoms with Crippen LogP contribution in [-0.2, 0) is 9.59 Å². The van der Waals surface area contributed by atoms with Gasteiger partial charge in [-0.15, -0.1) is 0 Å². The normalized spacial score (nSPS) is 10.0. The molecule has 0 radical (unpaired) electrons. The lowest BCUT2D eigenvalue weighted by Gasteiger charge is -2.32. The van der Waals surface area contributed by atoms with E-state index in [-0.39, 0.29) is 6.54 Å². The molecule has 0 aliphatic carbocycles. The van der Waals surface area contributed by atoms with Gasteiger partial charge in [0.15, 0.2) is 0 Å². The average molecular weight is 197 g/mol. The van der Waals surface area contributed by atoms with Gasteiger partial charge in [0.05, 0.1) is 0 Å². The zero-order valence-electron chi connectivity index (χ0n) is 8.92. The average Bonchev–Trinajstić information content (AvgIpc) is 1.98. The summed E-state index contributed by atoms with van der Waals surface area (Å²) in [5.41, 5.74) is -0.528. The lowest BCUT2D eigenvalue weighted by Crippen LogP contribution is -2.47. The van der Waals surface area contributed by atoms with E-state index in [9.17, 15) is 9.59 Å². The molecule has 0 rings (SSSR count). The first-order valence-electron chi connectivity index (χ1n) is 4.25. The molecular formula is C10H15NO3. The van der Waals surface area contributed by atoms with Crippen LogP contribution < -0.4 is 0 Å². The second-order valence-corrected chi connectivity index (χ2v) is 3.83. The number of carboxylic acid groups (broad SMARTS) is 1. The molecule has 0 aliphatic heterocycles. The third-order valence-electron chi connectivity index (χ3n) is 1.58. The van der Waals surface area contributed by atoms with Gasteiger partial charge >= 0.3 is 5.97 Å². The second-order valence-electron chi connectivity index (χ2n) is 3.83. The summed E-state index contributed by atoms with van der Waals surface area (Å²) in [5, 5.41) is 8.62. The molecule has 4 heteroatoms. The summed E-state index contributed by atoms with van der Waals surface area (Å²) < 4.78 is 0. The molecule has 0 aromatic rings. The Labute approximate surface area is 83.9 Å². The van der Waals surface area contributed by atoms with Crippen molar-refractivity contribution in [2.45, 2.75) is 33.2 Å². The Hall–Kier alpha value is -1.50. The summed E-state index contributed by atoms with van der Waals surface area (Å²) >= 11 is 0. The van der Waals surface area contributed by atoms with Crippen molar-refractivity contribution < 1.29 is 14.7 Å². The Bertz CT molecular complexity index is 291. The van der Waals surface area contributed by atoms with Gasteiger partial charge in [-0.05, 0) is 33.6 Å². The molecule has 4 nitrogen and oxygen atoms in total. The van der Waals surface area contributed by atoms with E-state index in [1.165, 1.54) is 4.90 Å². The Morgan fingerprint density at radius 3 is 2.14 bits per heavy atom. The summed E-state index contributed by atoms with van der Waals surface area (Å²) in [5.74, 6) is 3.30. The minimum atomic E-state index is -1.04. The van der Waals surface area contributed by atoms with Crippen LogP contribution >= 0.6 is 0 Å². The third kappa shape index (κ3) is 3.94. The SMILES string of the molecule is CC#CC(=O)N(CC(=O)O)C(C)(C)C. The molecule has 0 aromatic heterocycles. The molecular weight excluding hydrogens is 182 g/mol. The van der Waals surface area contributed by atoms with Crippen molar-refractivity contribution in [1.29, 1.82) is 0 Å². The number of rotatable bonds is 2. The van der Waals surface area contributed by atoms with E-state index in [2.05, 4.69) is 11.8 Å². The smallest absolute Gasteiger partial charge is 0.323 e. The van der Waals surface area contributed by atoms with E-state index in [4.69, 9.17) is 5.11 Å². The zero-order valence-corrected chi connectivity index (χ0v) is 8.92. The Balaban J connectivity index is 4.79. The largest absolute Gasteiger partial charge is 0.480 e. The molecule has 1 amide bonds. The summed E-state index contributed by atoms with van der Waals surface area (Å²) in [6, 6.07) is 0. The van der Waals surface area contributed by atoms with Gasteiger partial charge in [-0.3, -0.25) is 9.59 Å². The van der Waals surface area contributed by atoms with Crippen LogP contribution in [0.5, 0.6) is 0 Å². The Kier molecular flexibility index (Phi) is 4.16. The third-order valence-corrected chi connectivity index (χ3v) is 1.58. The van der Waals surface area contributed by atoms with Gasteiger partial charge in [-0.2, -0.15) is 0 Å². The van der Waals surface area contributed by atoms with E-state index < -0.39 is 17.4 Å². The maximum absolute atomic E-state index is 11.4. The van der Waals surface area contributed by atoms with E-state index >= 15 is 0 Å². The van der Waals surface area contributed by atoms with Gasteiger partial charge in [0.25, 0.3) is 5.91 Å². The number of carbonyl (C=O) groups excluding carboxylic acids is 1. The van der Waals surface area contributed by atoms with Crippen LogP contribution in [0.3, 0.4) is 0 Å². The summed E-state index contributed by atoms with van der Waals surface area (Å²) in [4.78, 5) is 23.2. The minimum Gasteiger partial charge on any atom is -0.480 e. The number of nitrogens with zero attached hydrogens (tertiary/aromatic N) is 1. The predicted molar refractivity (Wildman–Crippen MR) is 52.6 cm³/mol. The highest BCUT2D eigenvalue weighted by molar-refractivity contribution is 5.95. The molecule has 0 bridgehead atoms. The maximum atomic E-state index is 11.4. The van der Waals surface area contributed by atoms with Crippen molar-refractivity contribution in [3.8, 4) is 11.8 Å². The quantitative estimate of drug-likeness (QED) is 0.664. The Morgan fingerprint density at radius 1 is 1.36 bits per heavy atom. The fourth-order valence-corrected chi connectivity index (χ4v) is 0.923. The van der Waals surface area contributed by atoms with Crippen LogP contribution in [0.25, 0.3) is 0 Å². The number of carbonyl (C=O) groups is 2. The lowest BCUT2D eigenvalue weighted by molar-refractivity contribution is -0.145. The van der Waals surface area contributed by atoms with E-state index in [1.807, 2.05) is 0 Å². The van der Waals surface area contributed by atoms with Crippen molar-refractivity contribution in [3.63, 3.8) is 0 Å². The molecule has 1 N–H and O–H groups in total. The van der Waals surface area contributed by atoms with Gasteiger partial charge < -0.3 is 10.0 Å². The topological polar surface area (TPSA) is 57.6 Å². The van der Waals surface area contributed by atoms with Crippen LogP contribution in [0.1, 0.15) is 27.7 Å². The van der Waals surface area contributed by atoms with Crippen LogP contribution in [0.2, 0.25) is 0 Å². The minimum absolute atomic E-state index is 0.322. The van der Waals surface area contributed by atoms with Crippen molar-refractivity contribution in [3.05, 3.63) is 0 Å². The molecule has 0 saturated heterocycles. The molecule has 0 atom stereocenters. The molecule has 0 aliphatic rings. The van der Waals surface area contributed by atoms with E-state index in [0.717, 1.165) is 0 Å². The number of amides is 1. The van der Waals surface area contributed by atoms with Gasteiger partial charge in [-0.1, -0.05) is 5.92 Å². The molecule has 0 aromatic carbocycles. The van der Waals surface area contributed by atoms with Crippen LogP contribution in [0.15, 0.2) is 0 Å². The van der Waals surface area contributed by atoms with Crippen LogP contribution in [0, 0.1) is 11.8 Å². The molecule has 0 heterocycles. The number of hydrogen-bond donors (Lipinski definition) is 1. The van der Waals surface area contributed by atoms with Crippen molar-refractivity contribution in [2.24, 2.45) is 0 Å². The van der Waals surface area contributed by atoms with Crippen molar-refractivity contribution >= 4 is 11.9 Å². The molecule has 0 saturated carbocycles. The monoisotopic (exact) mass is 197 g/mol. The molecule has 78 valence electrons. The van der Waals surface area contributed by atoms with Crippen molar-refractivity contribution in [1.82, 2.24) is 4.90 Å². The van der Waals surface area contributed by atoms with Gasteiger partial charge in [0.1, 0.15) is 6.54 Å². The fraction of sp³-hybridized carbons (Fsp3) is 0.600. The first-order chi connectivity index (χ1) is 6.29. The summed E-state index contributed by atoms with van der Waals surface area (Å²) in [7, 11) is 0. The number of hydrogen-bond acceptors (Lipinski definition) is 2. The maximum Gasteiger partial charge on any atom is 0.323 e. The molecule has 0 unspecified atom stereocenters. The number of aliphatic carboxylic acids is 1. The highest BCUT2D eigenvalue weighted by atomic mass is 16.4. The highest BCUT2D eigenvalue weighted by Crippen LogP contribution is 2.12. The second kappa shape index (κ2) is 4.66. The summed E-state index contributed by atoms with van der Waals surface area (Å²) in [6.07, 6.45) is 0. The van der Waals surface area contributed by atoms with E-state index in [0.29, 0.717) is 0 Å². The molecule has 14 heavy (non-hydrogen) atoms.